The predicted molar refractivity (Wildman–Crippen MR) is 137 cm³/mol. The van der Waals surface area contributed by atoms with Gasteiger partial charge in [0.1, 0.15) is 0 Å². The number of nitrogens with one attached hydrogen (secondary N) is 2. The molecule has 2 aliphatic rings. The molecule has 2 heterocycles. The van der Waals surface area contributed by atoms with Gasteiger partial charge in [-0.25, -0.2) is 0 Å². The highest BCUT2D eigenvalue weighted by molar-refractivity contribution is 14.0. The molecule has 1 unspecified atom stereocenters. The van der Waals surface area contributed by atoms with Crippen LogP contribution in [0.2, 0.25) is 0 Å². The van der Waals surface area contributed by atoms with Gasteiger partial charge in [-0.15, -0.1) is 24.0 Å². The molecule has 1 aromatic carbocycles. The van der Waals surface area contributed by atoms with Gasteiger partial charge in [-0.05, 0) is 50.5 Å². The van der Waals surface area contributed by atoms with E-state index < -0.39 is 0 Å². The zero-order valence-electron chi connectivity index (χ0n) is 19.1. The SMILES string of the molecule is CN=C(NCc1ccc(CN2CCCN(C)CC2)cc1)NCC1(CCO)CCOC1.I. The van der Waals surface area contributed by atoms with Crippen LogP contribution in [0.4, 0.5) is 0 Å². The van der Waals surface area contributed by atoms with E-state index in [1.165, 1.54) is 30.6 Å². The second kappa shape index (κ2) is 13.6. The number of aliphatic hydroxyl groups is 1. The van der Waals surface area contributed by atoms with Crippen LogP contribution in [0.15, 0.2) is 29.3 Å². The van der Waals surface area contributed by atoms with Crippen LogP contribution in [-0.2, 0) is 17.8 Å². The number of likely N-dealkylation sites (N-methyl/N-ethyl adjacent to an activating group) is 1. The summed E-state index contributed by atoms with van der Waals surface area (Å²) in [6.45, 7) is 8.86. The van der Waals surface area contributed by atoms with Gasteiger partial charge in [0.05, 0.1) is 6.61 Å². The topological polar surface area (TPSA) is 72.4 Å². The van der Waals surface area contributed by atoms with Crippen LogP contribution in [0, 0.1) is 5.41 Å². The van der Waals surface area contributed by atoms with E-state index in [2.05, 4.69) is 56.7 Å². The maximum atomic E-state index is 9.38. The number of guanidine groups is 1. The van der Waals surface area contributed by atoms with Crippen LogP contribution in [0.5, 0.6) is 0 Å². The molecule has 3 N–H and O–H groups in total. The van der Waals surface area contributed by atoms with E-state index in [1.54, 1.807) is 7.05 Å². The number of nitrogens with zero attached hydrogens (tertiary/aromatic N) is 3. The fourth-order valence-electron chi connectivity index (χ4n) is 4.27. The third-order valence-electron chi connectivity index (χ3n) is 6.38. The molecule has 8 heteroatoms. The highest BCUT2D eigenvalue weighted by atomic mass is 127. The third kappa shape index (κ3) is 8.49. The standard InChI is InChI=1S/C23H39N5O2.HI/c1-24-22(26-18-23(8-14-29)9-15-30-19-23)25-16-20-4-6-21(7-5-20)17-28-11-3-10-27(2)12-13-28;/h4-7,29H,3,8-19H2,1-2H3,(H2,24,25,26);1H. The van der Waals surface area contributed by atoms with Crippen molar-refractivity contribution < 1.29 is 9.84 Å². The van der Waals surface area contributed by atoms with Gasteiger partial charge in [0.15, 0.2) is 5.96 Å². The Balaban J connectivity index is 0.00000341. The number of rotatable bonds is 8. The van der Waals surface area contributed by atoms with Crippen molar-refractivity contribution in [1.82, 2.24) is 20.4 Å². The summed E-state index contributed by atoms with van der Waals surface area (Å²) in [5.74, 6) is 0.789. The van der Waals surface area contributed by atoms with Crippen LogP contribution in [-0.4, -0.2) is 87.5 Å². The van der Waals surface area contributed by atoms with E-state index in [0.29, 0.717) is 6.61 Å². The molecule has 1 aromatic rings. The lowest BCUT2D eigenvalue weighted by Crippen LogP contribution is -2.44. The van der Waals surface area contributed by atoms with Crippen molar-refractivity contribution in [2.24, 2.45) is 10.4 Å². The highest BCUT2D eigenvalue weighted by Gasteiger charge is 2.34. The molecule has 0 aliphatic carbocycles. The Hall–Kier alpha value is -0.940. The number of aliphatic imine (C=N–C) groups is 1. The second-order valence-electron chi connectivity index (χ2n) is 8.80. The Morgan fingerprint density at radius 3 is 2.58 bits per heavy atom. The Kier molecular flexibility index (Phi) is 11.5. The van der Waals surface area contributed by atoms with Crippen molar-refractivity contribution in [1.29, 1.82) is 0 Å². The van der Waals surface area contributed by atoms with E-state index in [0.717, 1.165) is 58.1 Å². The first-order valence-electron chi connectivity index (χ1n) is 11.2. The molecule has 0 bridgehead atoms. The first-order valence-corrected chi connectivity index (χ1v) is 11.2. The maximum Gasteiger partial charge on any atom is 0.191 e. The number of aliphatic hydroxyl groups excluding tert-OH is 1. The summed E-state index contributed by atoms with van der Waals surface area (Å²) in [5.41, 5.74) is 2.63. The van der Waals surface area contributed by atoms with Gasteiger partial charge in [0.2, 0.25) is 0 Å². The molecule has 0 aromatic heterocycles. The smallest absolute Gasteiger partial charge is 0.191 e. The summed E-state index contributed by atoms with van der Waals surface area (Å²) in [6, 6.07) is 8.90. The van der Waals surface area contributed by atoms with E-state index in [1.807, 2.05) is 0 Å². The van der Waals surface area contributed by atoms with Crippen LogP contribution < -0.4 is 10.6 Å². The maximum absolute atomic E-state index is 9.38. The van der Waals surface area contributed by atoms with Gasteiger partial charge in [0, 0.05) is 58.4 Å². The van der Waals surface area contributed by atoms with Gasteiger partial charge in [0.25, 0.3) is 0 Å². The fraction of sp³-hybridized carbons (Fsp3) is 0.696. The van der Waals surface area contributed by atoms with E-state index in [4.69, 9.17) is 4.74 Å². The Bertz CT molecular complexity index is 664. The van der Waals surface area contributed by atoms with Crippen molar-refractivity contribution in [3.8, 4) is 0 Å². The molecular weight excluding hydrogens is 505 g/mol. The van der Waals surface area contributed by atoms with Gasteiger partial charge in [-0.3, -0.25) is 9.89 Å². The molecule has 0 radical (unpaired) electrons. The molecule has 7 nitrogen and oxygen atoms in total. The highest BCUT2D eigenvalue weighted by Crippen LogP contribution is 2.31. The monoisotopic (exact) mass is 545 g/mol. The fourth-order valence-corrected chi connectivity index (χ4v) is 4.27. The molecule has 0 amide bonds. The van der Waals surface area contributed by atoms with Crippen molar-refractivity contribution in [2.45, 2.75) is 32.4 Å². The largest absolute Gasteiger partial charge is 0.396 e. The molecule has 0 spiro atoms. The molecule has 0 saturated carbocycles. The van der Waals surface area contributed by atoms with Crippen molar-refractivity contribution in [3.63, 3.8) is 0 Å². The van der Waals surface area contributed by atoms with Crippen molar-refractivity contribution in [3.05, 3.63) is 35.4 Å². The third-order valence-corrected chi connectivity index (χ3v) is 6.38. The average Bonchev–Trinajstić information content (AvgIpc) is 3.12. The quantitative estimate of drug-likeness (QED) is 0.264. The first kappa shape index (κ1) is 26.3. The zero-order chi connectivity index (χ0) is 21.2. The van der Waals surface area contributed by atoms with Gasteiger partial charge < -0.3 is 25.4 Å². The molecule has 176 valence electrons. The number of ether oxygens (including phenoxy) is 1. The summed E-state index contributed by atoms with van der Waals surface area (Å²) in [7, 11) is 4.00. The average molecular weight is 546 g/mol. The molecule has 3 rings (SSSR count). The summed E-state index contributed by atoms with van der Waals surface area (Å²) in [5, 5.41) is 16.2. The molecule has 1 atom stereocenters. The van der Waals surface area contributed by atoms with Crippen LogP contribution >= 0.6 is 24.0 Å². The lowest BCUT2D eigenvalue weighted by Gasteiger charge is -2.27. The summed E-state index contributed by atoms with van der Waals surface area (Å²) in [6.07, 6.45) is 2.98. The van der Waals surface area contributed by atoms with Crippen molar-refractivity contribution >= 4 is 29.9 Å². The molecule has 2 aliphatic heterocycles. The molecular formula is C23H40IN5O2. The van der Waals surface area contributed by atoms with Crippen molar-refractivity contribution in [2.75, 3.05) is 66.6 Å². The molecule has 2 saturated heterocycles. The van der Waals surface area contributed by atoms with E-state index in [-0.39, 0.29) is 36.0 Å². The van der Waals surface area contributed by atoms with Crippen LogP contribution in [0.25, 0.3) is 0 Å². The molecule has 31 heavy (non-hydrogen) atoms. The summed E-state index contributed by atoms with van der Waals surface area (Å²) in [4.78, 5) is 9.32. The van der Waals surface area contributed by atoms with Crippen LogP contribution in [0.3, 0.4) is 0 Å². The lowest BCUT2D eigenvalue weighted by molar-refractivity contribution is 0.127. The minimum Gasteiger partial charge on any atom is -0.396 e. The predicted octanol–water partition coefficient (Wildman–Crippen LogP) is 1.90. The van der Waals surface area contributed by atoms with Gasteiger partial charge in [-0.1, -0.05) is 24.3 Å². The Morgan fingerprint density at radius 1 is 1.13 bits per heavy atom. The number of hydrogen-bond donors (Lipinski definition) is 3. The number of benzene rings is 1. The lowest BCUT2D eigenvalue weighted by atomic mass is 9.84. The van der Waals surface area contributed by atoms with Gasteiger partial charge in [-0.2, -0.15) is 0 Å². The normalized spacial score (nSPS) is 23.3. The number of halogens is 1. The minimum atomic E-state index is 0. The van der Waals surface area contributed by atoms with Crippen LogP contribution in [0.1, 0.15) is 30.4 Å². The summed E-state index contributed by atoms with van der Waals surface area (Å²) < 4.78 is 5.57. The zero-order valence-corrected chi connectivity index (χ0v) is 21.4. The van der Waals surface area contributed by atoms with E-state index >= 15 is 0 Å². The first-order chi connectivity index (χ1) is 14.6. The Morgan fingerprint density at radius 2 is 1.90 bits per heavy atom. The Labute approximate surface area is 204 Å². The minimum absolute atomic E-state index is 0. The molecule has 2 fully saturated rings. The van der Waals surface area contributed by atoms with Gasteiger partial charge >= 0.3 is 0 Å². The number of hydrogen-bond acceptors (Lipinski definition) is 5. The second-order valence-corrected chi connectivity index (χ2v) is 8.80. The van der Waals surface area contributed by atoms with E-state index in [9.17, 15) is 5.11 Å². The summed E-state index contributed by atoms with van der Waals surface area (Å²) >= 11 is 0.